The second-order valence-electron chi connectivity index (χ2n) is 3.47. The van der Waals surface area contributed by atoms with Gasteiger partial charge in [-0.2, -0.15) is 5.10 Å². The predicted octanol–water partition coefficient (Wildman–Crippen LogP) is 2.26. The lowest BCUT2D eigenvalue weighted by molar-refractivity contribution is 0.649. The van der Waals surface area contributed by atoms with Gasteiger partial charge >= 0.3 is 0 Å². The monoisotopic (exact) mass is 326 g/mol. The third-order valence-corrected chi connectivity index (χ3v) is 3.77. The topological polar surface area (TPSA) is 59.8 Å². The fourth-order valence-corrected chi connectivity index (χ4v) is 2.33. The van der Waals surface area contributed by atoms with E-state index in [0.717, 1.165) is 4.88 Å². The number of nitrogens with one attached hydrogen (secondary N) is 1. The van der Waals surface area contributed by atoms with Crippen LogP contribution >= 0.6 is 27.3 Å². The number of anilines is 1. The zero-order valence-electron chi connectivity index (χ0n) is 9.47. The number of hydrogen-bond donors (Lipinski definition) is 1. The normalized spacial score (nSPS) is 10.3. The first-order valence-corrected chi connectivity index (χ1v) is 6.87. The van der Waals surface area contributed by atoms with Crippen LogP contribution in [0.25, 0.3) is 0 Å². The summed E-state index contributed by atoms with van der Waals surface area (Å²) in [6.45, 7) is 4.60. The Hall–Kier alpha value is -1.47. The van der Waals surface area contributed by atoms with Crippen molar-refractivity contribution in [2.45, 2.75) is 13.1 Å². The summed E-state index contributed by atoms with van der Waals surface area (Å²) < 4.78 is 1.82. The van der Waals surface area contributed by atoms with Crippen molar-refractivity contribution < 1.29 is 0 Å². The Kier molecular flexibility index (Phi) is 4.27. The van der Waals surface area contributed by atoms with Crippen LogP contribution in [-0.2, 0) is 13.1 Å². The minimum atomic E-state index is -0.177. The predicted molar refractivity (Wildman–Crippen MR) is 75.8 cm³/mol. The SMILES string of the molecule is C=CCn1ncc(NCc2cncs2)c(Br)c1=O. The fraction of sp³-hybridized carbons (Fsp3) is 0.182. The van der Waals surface area contributed by atoms with Crippen LogP contribution in [0.3, 0.4) is 0 Å². The Labute approximate surface area is 116 Å². The highest BCUT2D eigenvalue weighted by Crippen LogP contribution is 2.17. The summed E-state index contributed by atoms with van der Waals surface area (Å²) in [4.78, 5) is 17.0. The second-order valence-corrected chi connectivity index (χ2v) is 5.23. The summed E-state index contributed by atoms with van der Waals surface area (Å²) in [5, 5.41) is 7.20. The lowest BCUT2D eigenvalue weighted by Gasteiger charge is -2.08. The van der Waals surface area contributed by atoms with Crippen LogP contribution in [0.2, 0.25) is 0 Å². The molecule has 2 heterocycles. The smallest absolute Gasteiger partial charge is 0.283 e. The zero-order valence-corrected chi connectivity index (χ0v) is 11.9. The average molecular weight is 327 g/mol. The Balaban J connectivity index is 2.16. The third kappa shape index (κ3) is 2.85. The van der Waals surface area contributed by atoms with Gasteiger partial charge in [-0.3, -0.25) is 9.78 Å². The van der Waals surface area contributed by atoms with Crippen LogP contribution in [0.4, 0.5) is 5.69 Å². The molecule has 0 spiro atoms. The maximum absolute atomic E-state index is 11.9. The molecule has 0 unspecified atom stereocenters. The van der Waals surface area contributed by atoms with Crippen molar-refractivity contribution in [1.29, 1.82) is 0 Å². The van der Waals surface area contributed by atoms with Gasteiger partial charge in [0.15, 0.2) is 0 Å². The first-order chi connectivity index (χ1) is 8.72. The van der Waals surface area contributed by atoms with Gasteiger partial charge in [0.1, 0.15) is 4.47 Å². The number of nitrogens with zero attached hydrogens (tertiary/aromatic N) is 3. The van der Waals surface area contributed by atoms with Gasteiger partial charge in [-0.25, -0.2) is 4.68 Å². The molecule has 0 atom stereocenters. The second kappa shape index (κ2) is 5.92. The highest BCUT2D eigenvalue weighted by molar-refractivity contribution is 9.10. The minimum absolute atomic E-state index is 0.177. The van der Waals surface area contributed by atoms with Gasteiger partial charge < -0.3 is 5.32 Å². The average Bonchev–Trinajstić information content (AvgIpc) is 2.87. The van der Waals surface area contributed by atoms with E-state index in [1.54, 1.807) is 35.3 Å². The van der Waals surface area contributed by atoms with E-state index in [4.69, 9.17) is 0 Å². The number of hydrogen-bond acceptors (Lipinski definition) is 5. The molecule has 0 saturated carbocycles. The minimum Gasteiger partial charge on any atom is -0.378 e. The van der Waals surface area contributed by atoms with E-state index in [1.807, 2.05) is 0 Å². The maximum Gasteiger partial charge on any atom is 0.283 e. The van der Waals surface area contributed by atoms with Crippen molar-refractivity contribution in [3.63, 3.8) is 0 Å². The third-order valence-electron chi connectivity index (χ3n) is 2.22. The quantitative estimate of drug-likeness (QED) is 0.856. The van der Waals surface area contributed by atoms with Crippen LogP contribution in [0.5, 0.6) is 0 Å². The molecule has 0 aliphatic heterocycles. The first-order valence-electron chi connectivity index (χ1n) is 5.20. The Morgan fingerprint density at radius 1 is 1.56 bits per heavy atom. The Morgan fingerprint density at radius 3 is 3.06 bits per heavy atom. The molecule has 0 aliphatic carbocycles. The summed E-state index contributed by atoms with van der Waals surface area (Å²) in [5.74, 6) is 0. The van der Waals surface area contributed by atoms with Gasteiger partial charge in [-0.15, -0.1) is 17.9 Å². The van der Waals surface area contributed by atoms with Crippen molar-refractivity contribution in [3.05, 3.63) is 50.3 Å². The number of allylic oxidation sites excluding steroid dienone is 1. The van der Waals surface area contributed by atoms with Gasteiger partial charge in [0.05, 0.1) is 30.5 Å². The van der Waals surface area contributed by atoms with E-state index >= 15 is 0 Å². The van der Waals surface area contributed by atoms with E-state index in [1.165, 1.54) is 4.68 Å². The highest BCUT2D eigenvalue weighted by atomic mass is 79.9. The number of halogens is 1. The summed E-state index contributed by atoms with van der Waals surface area (Å²) in [7, 11) is 0. The molecule has 1 N–H and O–H groups in total. The van der Waals surface area contributed by atoms with Gasteiger partial charge in [0, 0.05) is 11.1 Å². The van der Waals surface area contributed by atoms with E-state index in [2.05, 4.69) is 37.9 Å². The summed E-state index contributed by atoms with van der Waals surface area (Å²) in [6.07, 6.45) is 5.04. The van der Waals surface area contributed by atoms with Gasteiger partial charge in [0.2, 0.25) is 0 Å². The molecule has 7 heteroatoms. The molecular weight excluding hydrogens is 316 g/mol. The maximum atomic E-state index is 11.9. The Bertz CT molecular complexity index is 594. The van der Waals surface area contributed by atoms with Crippen molar-refractivity contribution in [2.24, 2.45) is 0 Å². The summed E-state index contributed by atoms with van der Waals surface area (Å²) in [5.41, 5.74) is 2.27. The first kappa shape index (κ1) is 13.0. The lowest BCUT2D eigenvalue weighted by atomic mass is 10.4. The van der Waals surface area contributed by atoms with Gasteiger partial charge in [-0.1, -0.05) is 6.08 Å². The van der Waals surface area contributed by atoms with Crippen molar-refractivity contribution in [2.75, 3.05) is 5.32 Å². The van der Waals surface area contributed by atoms with E-state index in [9.17, 15) is 4.79 Å². The fourth-order valence-electron chi connectivity index (χ4n) is 1.35. The van der Waals surface area contributed by atoms with Crippen LogP contribution in [0.15, 0.2) is 39.8 Å². The molecule has 5 nitrogen and oxygen atoms in total. The molecule has 0 amide bonds. The zero-order chi connectivity index (χ0) is 13.0. The molecule has 2 aromatic heterocycles. The molecule has 0 fully saturated rings. The molecule has 94 valence electrons. The standard InChI is InChI=1S/C11H11BrN4OS/c1-2-3-16-11(17)10(12)9(6-15-16)14-5-8-4-13-7-18-8/h2,4,6-7,14H,1,3,5H2. The lowest BCUT2D eigenvalue weighted by Crippen LogP contribution is -2.23. The molecular formula is C11H11BrN4OS. The molecule has 0 saturated heterocycles. The van der Waals surface area contributed by atoms with Crippen molar-refractivity contribution >= 4 is 33.0 Å². The number of rotatable bonds is 5. The summed E-state index contributed by atoms with van der Waals surface area (Å²) in [6, 6.07) is 0. The Morgan fingerprint density at radius 2 is 2.39 bits per heavy atom. The molecule has 2 rings (SSSR count). The molecule has 2 aromatic rings. The van der Waals surface area contributed by atoms with Gasteiger partial charge in [-0.05, 0) is 15.9 Å². The molecule has 0 bridgehead atoms. The van der Waals surface area contributed by atoms with Crippen LogP contribution in [-0.4, -0.2) is 14.8 Å². The van der Waals surface area contributed by atoms with Crippen molar-refractivity contribution in [1.82, 2.24) is 14.8 Å². The highest BCUT2D eigenvalue weighted by Gasteiger charge is 2.07. The largest absolute Gasteiger partial charge is 0.378 e. The van der Waals surface area contributed by atoms with Crippen LogP contribution in [0.1, 0.15) is 4.88 Å². The molecule has 18 heavy (non-hydrogen) atoms. The van der Waals surface area contributed by atoms with E-state index < -0.39 is 0 Å². The number of aromatic nitrogens is 3. The molecule has 0 aromatic carbocycles. The summed E-state index contributed by atoms with van der Waals surface area (Å²) >= 11 is 4.84. The molecule has 0 aliphatic rings. The number of thiazole rings is 1. The molecule has 0 radical (unpaired) electrons. The van der Waals surface area contributed by atoms with Crippen LogP contribution < -0.4 is 10.9 Å². The van der Waals surface area contributed by atoms with E-state index in [-0.39, 0.29) is 5.56 Å². The van der Waals surface area contributed by atoms with E-state index in [0.29, 0.717) is 23.2 Å². The van der Waals surface area contributed by atoms with Crippen LogP contribution in [0, 0.1) is 0 Å². The van der Waals surface area contributed by atoms with Gasteiger partial charge in [0.25, 0.3) is 5.56 Å². The van der Waals surface area contributed by atoms with Crippen molar-refractivity contribution in [3.8, 4) is 0 Å².